The van der Waals surface area contributed by atoms with Crippen LogP contribution in [0.25, 0.3) is 10.9 Å². The van der Waals surface area contributed by atoms with E-state index in [1.807, 2.05) is 54.6 Å². The summed E-state index contributed by atoms with van der Waals surface area (Å²) in [5, 5.41) is 10.3. The average molecular weight is 443 g/mol. The van der Waals surface area contributed by atoms with E-state index in [-0.39, 0.29) is 5.91 Å². The van der Waals surface area contributed by atoms with Gasteiger partial charge in [0.15, 0.2) is 0 Å². The van der Waals surface area contributed by atoms with Gasteiger partial charge in [-0.1, -0.05) is 6.07 Å². The fourth-order valence-electron chi connectivity index (χ4n) is 3.38. The van der Waals surface area contributed by atoms with Gasteiger partial charge in [-0.2, -0.15) is 15.0 Å². The number of benzene rings is 2. The normalized spacial score (nSPS) is 10.6. The molecule has 0 bridgehead atoms. The molecule has 0 saturated heterocycles. The number of pyridine rings is 1. The third-order valence-corrected chi connectivity index (χ3v) is 4.99. The van der Waals surface area contributed by atoms with Gasteiger partial charge in [0.2, 0.25) is 23.8 Å². The van der Waals surface area contributed by atoms with Crippen LogP contribution in [-0.2, 0) is 4.79 Å². The van der Waals surface area contributed by atoms with E-state index in [0.717, 1.165) is 41.1 Å². The number of hydrogen-bond donors (Lipinski definition) is 3. The highest BCUT2D eigenvalue weighted by molar-refractivity contribution is 5.88. The lowest BCUT2D eigenvalue weighted by molar-refractivity contribution is -0.114. The Morgan fingerprint density at radius 2 is 1.48 bits per heavy atom. The van der Waals surface area contributed by atoms with Crippen molar-refractivity contribution in [3.63, 3.8) is 0 Å². The van der Waals surface area contributed by atoms with E-state index in [4.69, 9.17) is 0 Å². The van der Waals surface area contributed by atoms with E-state index in [9.17, 15) is 4.79 Å². The summed E-state index contributed by atoms with van der Waals surface area (Å²) in [5.74, 6) is 1.33. The van der Waals surface area contributed by atoms with Crippen LogP contribution in [0.2, 0.25) is 0 Å². The van der Waals surface area contributed by atoms with Crippen molar-refractivity contribution < 1.29 is 4.79 Å². The standard InChI is InChI=1S/C24H26N8O/c1-4-32(5-2)24-30-22(27-19-10-8-18(9-11-19)26-16(3)33)29-23(31-24)28-20-12-13-21-17(15-20)7-6-14-25-21/h6-15H,4-5H2,1-3H3,(H,26,33)(H2,27,28,29,30,31). The molecule has 0 aliphatic carbocycles. The highest BCUT2D eigenvalue weighted by Gasteiger charge is 2.12. The Bertz CT molecular complexity index is 1260. The van der Waals surface area contributed by atoms with Crippen molar-refractivity contribution in [3.05, 3.63) is 60.8 Å². The van der Waals surface area contributed by atoms with Crippen molar-refractivity contribution in [1.29, 1.82) is 0 Å². The molecule has 2 aromatic heterocycles. The fourth-order valence-corrected chi connectivity index (χ4v) is 3.38. The highest BCUT2D eigenvalue weighted by atomic mass is 16.1. The van der Waals surface area contributed by atoms with E-state index >= 15 is 0 Å². The molecule has 0 fully saturated rings. The maximum absolute atomic E-state index is 11.2. The van der Waals surface area contributed by atoms with Crippen LogP contribution in [-0.4, -0.2) is 38.9 Å². The maximum Gasteiger partial charge on any atom is 0.233 e. The van der Waals surface area contributed by atoms with Crippen molar-refractivity contribution in [2.75, 3.05) is 33.9 Å². The molecule has 3 N–H and O–H groups in total. The number of fused-ring (bicyclic) bond motifs is 1. The minimum absolute atomic E-state index is 0.114. The third-order valence-electron chi connectivity index (χ3n) is 4.99. The van der Waals surface area contributed by atoms with E-state index < -0.39 is 0 Å². The van der Waals surface area contributed by atoms with Gasteiger partial charge in [-0.15, -0.1) is 0 Å². The number of nitrogens with one attached hydrogen (secondary N) is 3. The summed E-state index contributed by atoms with van der Waals surface area (Å²) < 4.78 is 0. The molecule has 0 unspecified atom stereocenters. The van der Waals surface area contributed by atoms with Crippen LogP contribution >= 0.6 is 0 Å². The van der Waals surface area contributed by atoms with Gasteiger partial charge in [-0.05, 0) is 62.4 Å². The van der Waals surface area contributed by atoms with Crippen molar-refractivity contribution in [3.8, 4) is 0 Å². The molecule has 0 radical (unpaired) electrons. The minimum atomic E-state index is -0.114. The number of aromatic nitrogens is 4. The molecule has 168 valence electrons. The van der Waals surface area contributed by atoms with Gasteiger partial charge in [-0.25, -0.2) is 0 Å². The second kappa shape index (κ2) is 9.90. The van der Waals surface area contributed by atoms with E-state index in [1.165, 1.54) is 6.92 Å². The molecule has 1 amide bonds. The smallest absolute Gasteiger partial charge is 0.233 e. The SMILES string of the molecule is CCN(CC)c1nc(Nc2ccc(NC(C)=O)cc2)nc(Nc2ccc3ncccc3c2)n1. The first-order chi connectivity index (χ1) is 16.0. The van der Waals surface area contributed by atoms with Crippen LogP contribution in [0, 0.1) is 0 Å². The minimum Gasteiger partial charge on any atom is -0.341 e. The maximum atomic E-state index is 11.2. The summed E-state index contributed by atoms with van der Waals surface area (Å²) >= 11 is 0. The summed E-state index contributed by atoms with van der Waals surface area (Å²) in [7, 11) is 0. The first kappa shape index (κ1) is 21.9. The molecule has 0 aliphatic heterocycles. The zero-order chi connectivity index (χ0) is 23.2. The summed E-state index contributed by atoms with van der Waals surface area (Å²) in [6.45, 7) is 7.14. The predicted molar refractivity (Wildman–Crippen MR) is 132 cm³/mol. The number of amides is 1. The second-order valence-corrected chi connectivity index (χ2v) is 7.37. The molecular weight excluding hydrogens is 416 g/mol. The Morgan fingerprint density at radius 1 is 0.848 bits per heavy atom. The zero-order valence-corrected chi connectivity index (χ0v) is 18.8. The van der Waals surface area contributed by atoms with Crippen LogP contribution < -0.4 is 20.9 Å². The number of anilines is 6. The number of carbonyl (C=O) groups excluding carboxylic acids is 1. The quantitative estimate of drug-likeness (QED) is 0.360. The number of carbonyl (C=O) groups is 1. The summed E-state index contributed by atoms with van der Waals surface area (Å²) in [4.78, 5) is 31.5. The van der Waals surface area contributed by atoms with Crippen LogP contribution in [0.4, 0.5) is 34.9 Å². The molecule has 4 rings (SSSR count). The molecule has 33 heavy (non-hydrogen) atoms. The Balaban J connectivity index is 1.62. The Hall–Kier alpha value is -4.27. The van der Waals surface area contributed by atoms with Crippen LogP contribution in [0.3, 0.4) is 0 Å². The summed E-state index contributed by atoms with van der Waals surface area (Å²) in [6.07, 6.45) is 1.78. The molecular formula is C24H26N8O. The van der Waals surface area contributed by atoms with E-state index in [2.05, 4.69) is 54.6 Å². The molecule has 0 atom stereocenters. The molecule has 2 aromatic carbocycles. The predicted octanol–water partition coefficient (Wildman–Crippen LogP) is 4.71. The Morgan fingerprint density at radius 3 is 2.15 bits per heavy atom. The first-order valence-corrected chi connectivity index (χ1v) is 10.8. The van der Waals surface area contributed by atoms with E-state index in [1.54, 1.807) is 6.20 Å². The van der Waals surface area contributed by atoms with E-state index in [0.29, 0.717) is 17.8 Å². The van der Waals surface area contributed by atoms with Gasteiger partial charge in [0, 0.05) is 48.7 Å². The molecule has 0 spiro atoms. The number of rotatable bonds is 8. The van der Waals surface area contributed by atoms with Crippen LogP contribution in [0.1, 0.15) is 20.8 Å². The molecule has 4 aromatic rings. The Labute approximate surface area is 192 Å². The van der Waals surface area contributed by atoms with Gasteiger partial charge in [-0.3, -0.25) is 9.78 Å². The van der Waals surface area contributed by atoms with Crippen molar-refractivity contribution in [2.24, 2.45) is 0 Å². The second-order valence-electron chi connectivity index (χ2n) is 7.37. The van der Waals surface area contributed by atoms with Crippen molar-refractivity contribution in [1.82, 2.24) is 19.9 Å². The first-order valence-electron chi connectivity index (χ1n) is 10.8. The van der Waals surface area contributed by atoms with Gasteiger partial charge in [0.25, 0.3) is 0 Å². The van der Waals surface area contributed by atoms with Gasteiger partial charge >= 0.3 is 0 Å². The summed E-state index contributed by atoms with van der Waals surface area (Å²) in [5.41, 5.74) is 3.30. The van der Waals surface area contributed by atoms with Gasteiger partial charge in [0.05, 0.1) is 5.52 Å². The molecule has 9 heteroatoms. The van der Waals surface area contributed by atoms with Crippen molar-refractivity contribution in [2.45, 2.75) is 20.8 Å². The molecule has 2 heterocycles. The van der Waals surface area contributed by atoms with Crippen molar-refractivity contribution >= 4 is 51.7 Å². The van der Waals surface area contributed by atoms with Gasteiger partial charge in [0.1, 0.15) is 0 Å². The lowest BCUT2D eigenvalue weighted by Crippen LogP contribution is -2.25. The highest BCUT2D eigenvalue weighted by Crippen LogP contribution is 2.23. The monoisotopic (exact) mass is 442 g/mol. The van der Waals surface area contributed by atoms with Gasteiger partial charge < -0.3 is 20.9 Å². The number of hydrogen-bond acceptors (Lipinski definition) is 8. The molecule has 0 aliphatic rings. The lowest BCUT2D eigenvalue weighted by Gasteiger charge is -2.20. The topological polar surface area (TPSA) is 108 Å². The zero-order valence-electron chi connectivity index (χ0n) is 18.8. The molecule has 0 saturated carbocycles. The Kier molecular flexibility index (Phi) is 6.58. The fraction of sp³-hybridized carbons (Fsp3) is 0.208. The third kappa shape index (κ3) is 5.51. The van der Waals surface area contributed by atoms with Crippen LogP contribution in [0.5, 0.6) is 0 Å². The molecule has 9 nitrogen and oxygen atoms in total. The van der Waals surface area contributed by atoms with Crippen LogP contribution in [0.15, 0.2) is 60.8 Å². The lowest BCUT2D eigenvalue weighted by atomic mass is 10.2. The number of nitrogens with zero attached hydrogens (tertiary/aromatic N) is 5. The summed E-state index contributed by atoms with van der Waals surface area (Å²) in [6, 6.07) is 17.2. The largest absolute Gasteiger partial charge is 0.341 e. The average Bonchev–Trinajstić information content (AvgIpc) is 2.81.